The lowest BCUT2D eigenvalue weighted by Crippen LogP contribution is -2.11. The van der Waals surface area contributed by atoms with Crippen LogP contribution in [0.25, 0.3) is 5.57 Å². The van der Waals surface area contributed by atoms with Gasteiger partial charge in [0.25, 0.3) is 0 Å². The Kier molecular flexibility index (Phi) is 8.10. The number of nitrogens with one attached hydrogen (secondary N) is 1. The van der Waals surface area contributed by atoms with Crippen molar-refractivity contribution in [3.63, 3.8) is 0 Å². The summed E-state index contributed by atoms with van der Waals surface area (Å²) < 4.78 is 13.2. The lowest BCUT2D eigenvalue weighted by Gasteiger charge is -2.15. The molecule has 2 rings (SSSR count). The van der Waals surface area contributed by atoms with Crippen molar-refractivity contribution in [3.8, 4) is 0 Å². The zero-order chi connectivity index (χ0) is 22.1. The van der Waals surface area contributed by atoms with Gasteiger partial charge in [0.05, 0.1) is 11.0 Å². The SMILES string of the molecule is C\C=C(F)/C=C\C(C)=N\C=C(/C)c1ncc([N+](=O)[O-])c(NC(C)c2ccccc2)n1. The van der Waals surface area contributed by atoms with Gasteiger partial charge in [0.1, 0.15) is 12.0 Å². The third-order valence-corrected chi connectivity index (χ3v) is 4.19. The second-order valence-corrected chi connectivity index (χ2v) is 6.55. The molecule has 0 aliphatic carbocycles. The van der Waals surface area contributed by atoms with E-state index in [1.54, 1.807) is 33.0 Å². The topological polar surface area (TPSA) is 93.3 Å². The molecule has 156 valence electrons. The molecular formula is C22H24FN5O2. The summed E-state index contributed by atoms with van der Waals surface area (Å²) in [5.41, 5.74) is 1.96. The normalized spacial score (nSPS) is 14.1. The Morgan fingerprint density at radius 2 is 1.97 bits per heavy atom. The number of rotatable bonds is 8. The Balaban J connectivity index is 2.30. The summed E-state index contributed by atoms with van der Waals surface area (Å²) in [7, 11) is 0. The van der Waals surface area contributed by atoms with Crippen LogP contribution in [0.4, 0.5) is 15.9 Å². The zero-order valence-electron chi connectivity index (χ0n) is 17.3. The fourth-order valence-corrected chi connectivity index (χ4v) is 2.43. The van der Waals surface area contributed by atoms with Crippen molar-refractivity contribution >= 4 is 22.8 Å². The lowest BCUT2D eigenvalue weighted by atomic mass is 10.1. The average molecular weight is 409 g/mol. The number of aliphatic imine (C=N–C) groups is 1. The maximum Gasteiger partial charge on any atom is 0.329 e. The van der Waals surface area contributed by atoms with Gasteiger partial charge in [-0.25, -0.2) is 14.4 Å². The van der Waals surface area contributed by atoms with Crippen LogP contribution in [0, 0.1) is 10.1 Å². The van der Waals surface area contributed by atoms with E-state index in [1.807, 2.05) is 37.3 Å². The van der Waals surface area contributed by atoms with Crippen LogP contribution < -0.4 is 5.32 Å². The molecule has 0 aliphatic heterocycles. The summed E-state index contributed by atoms with van der Waals surface area (Å²) in [4.78, 5) is 23.5. The van der Waals surface area contributed by atoms with E-state index >= 15 is 0 Å². The lowest BCUT2D eigenvalue weighted by molar-refractivity contribution is -0.384. The Hall–Kier alpha value is -3.68. The number of halogens is 1. The fraction of sp³-hybridized carbons (Fsp3) is 0.227. The van der Waals surface area contributed by atoms with E-state index in [9.17, 15) is 14.5 Å². The van der Waals surface area contributed by atoms with Crippen LogP contribution in [0.3, 0.4) is 0 Å². The number of nitrogens with zero attached hydrogens (tertiary/aromatic N) is 4. The molecule has 1 atom stereocenters. The van der Waals surface area contributed by atoms with Gasteiger partial charge in [0.2, 0.25) is 5.82 Å². The van der Waals surface area contributed by atoms with E-state index in [1.165, 1.54) is 18.3 Å². The van der Waals surface area contributed by atoms with Gasteiger partial charge in [-0.05, 0) is 45.4 Å². The van der Waals surface area contributed by atoms with Crippen LogP contribution in [0.15, 0.2) is 71.8 Å². The highest BCUT2D eigenvalue weighted by Gasteiger charge is 2.20. The van der Waals surface area contributed by atoms with Crippen LogP contribution >= 0.6 is 0 Å². The highest BCUT2D eigenvalue weighted by atomic mass is 19.1. The zero-order valence-corrected chi connectivity index (χ0v) is 17.3. The van der Waals surface area contributed by atoms with Crippen LogP contribution in [-0.4, -0.2) is 20.6 Å². The summed E-state index contributed by atoms with van der Waals surface area (Å²) in [5, 5.41) is 14.5. The number of aromatic nitrogens is 2. The van der Waals surface area contributed by atoms with Crippen molar-refractivity contribution in [2.75, 3.05) is 5.32 Å². The van der Waals surface area contributed by atoms with Crippen molar-refractivity contribution in [1.29, 1.82) is 0 Å². The highest BCUT2D eigenvalue weighted by molar-refractivity contribution is 5.93. The number of allylic oxidation sites excluding steroid dienone is 5. The smallest absolute Gasteiger partial charge is 0.329 e. The molecule has 0 fully saturated rings. The summed E-state index contributed by atoms with van der Waals surface area (Å²) in [6.07, 6.45) is 6.93. The van der Waals surface area contributed by atoms with E-state index in [2.05, 4.69) is 20.3 Å². The first-order valence-electron chi connectivity index (χ1n) is 9.36. The molecule has 0 aliphatic rings. The number of benzene rings is 1. The van der Waals surface area contributed by atoms with Gasteiger partial charge >= 0.3 is 5.69 Å². The van der Waals surface area contributed by atoms with Gasteiger partial charge in [-0.2, -0.15) is 0 Å². The number of nitro groups is 1. The predicted molar refractivity (Wildman–Crippen MR) is 118 cm³/mol. The third-order valence-electron chi connectivity index (χ3n) is 4.19. The van der Waals surface area contributed by atoms with Crippen molar-refractivity contribution in [1.82, 2.24) is 9.97 Å². The van der Waals surface area contributed by atoms with E-state index in [4.69, 9.17) is 0 Å². The Morgan fingerprint density at radius 3 is 2.60 bits per heavy atom. The highest BCUT2D eigenvalue weighted by Crippen LogP contribution is 2.27. The van der Waals surface area contributed by atoms with Gasteiger partial charge in [-0.3, -0.25) is 15.1 Å². The van der Waals surface area contributed by atoms with E-state index in [0.29, 0.717) is 17.1 Å². The first kappa shape index (κ1) is 22.6. The standard InChI is InChI=1S/C22H24FN5O2/c1-5-19(23)12-11-16(3)24-13-15(2)21-25-14-20(28(29)30)22(27-21)26-17(4)18-9-7-6-8-10-18/h5-14,17H,1-4H3,(H,25,26,27)/b12-11-,15-13+,19-5+,24-16+. The molecule has 2 aromatic rings. The fourth-order valence-electron chi connectivity index (χ4n) is 2.43. The number of hydrogen-bond donors (Lipinski definition) is 1. The van der Waals surface area contributed by atoms with E-state index < -0.39 is 4.92 Å². The average Bonchev–Trinajstić information content (AvgIpc) is 2.75. The van der Waals surface area contributed by atoms with Crippen LogP contribution in [0.2, 0.25) is 0 Å². The molecule has 0 spiro atoms. The first-order chi connectivity index (χ1) is 14.3. The molecule has 30 heavy (non-hydrogen) atoms. The number of anilines is 1. The van der Waals surface area contributed by atoms with Crippen LogP contribution in [-0.2, 0) is 0 Å². The maximum absolute atomic E-state index is 13.2. The van der Waals surface area contributed by atoms with Crippen LogP contribution in [0.1, 0.15) is 45.1 Å². The minimum Gasteiger partial charge on any atom is -0.358 e. The number of hydrogen-bond acceptors (Lipinski definition) is 6. The minimum atomic E-state index is -0.522. The molecule has 1 heterocycles. The molecule has 0 saturated heterocycles. The molecule has 1 N–H and O–H groups in total. The maximum atomic E-state index is 13.2. The molecule has 0 bridgehead atoms. The molecule has 1 aromatic carbocycles. The Bertz CT molecular complexity index is 1010. The summed E-state index contributed by atoms with van der Waals surface area (Å²) in [5.74, 6) is 0.0839. The van der Waals surface area contributed by atoms with E-state index in [-0.39, 0.29) is 23.4 Å². The molecule has 7 nitrogen and oxygen atoms in total. The van der Waals surface area contributed by atoms with Crippen molar-refractivity contribution in [2.45, 2.75) is 33.7 Å². The minimum absolute atomic E-state index is 0.129. The van der Waals surface area contributed by atoms with E-state index in [0.717, 1.165) is 5.56 Å². The second-order valence-electron chi connectivity index (χ2n) is 6.55. The quantitative estimate of drug-likeness (QED) is 0.257. The van der Waals surface area contributed by atoms with Crippen molar-refractivity contribution in [2.24, 2.45) is 4.99 Å². The molecule has 8 heteroatoms. The second kappa shape index (κ2) is 10.8. The molecule has 0 radical (unpaired) electrons. The van der Waals surface area contributed by atoms with Gasteiger partial charge in [-0.1, -0.05) is 36.4 Å². The molecule has 1 aromatic heterocycles. The third kappa shape index (κ3) is 6.44. The van der Waals surface area contributed by atoms with Gasteiger partial charge in [0.15, 0.2) is 5.82 Å². The largest absolute Gasteiger partial charge is 0.358 e. The van der Waals surface area contributed by atoms with Gasteiger partial charge in [-0.15, -0.1) is 0 Å². The molecule has 1 unspecified atom stereocenters. The van der Waals surface area contributed by atoms with Crippen LogP contribution in [0.5, 0.6) is 0 Å². The Labute approximate surface area is 175 Å². The molecular weight excluding hydrogens is 385 g/mol. The monoisotopic (exact) mass is 409 g/mol. The van der Waals surface area contributed by atoms with Gasteiger partial charge < -0.3 is 5.32 Å². The summed E-state index contributed by atoms with van der Waals surface area (Å²) >= 11 is 0. The van der Waals surface area contributed by atoms with Crippen molar-refractivity contribution in [3.05, 3.63) is 88.3 Å². The van der Waals surface area contributed by atoms with Gasteiger partial charge in [0, 0.05) is 17.5 Å². The molecule has 0 amide bonds. The Morgan fingerprint density at radius 1 is 1.27 bits per heavy atom. The predicted octanol–water partition coefficient (Wildman–Crippen LogP) is 5.81. The molecule has 0 saturated carbocycles. The first-order valence-corrected chi connectivity index (χ1v) is 9.36. The summed E-state index contributed by atoms with van der Waals surface area (Å²) in [6, 6.07) is 9.37. The summed E-state index contributed by atoms with van der Waals surface area (Å²) in [6.45, 7) is 6.98. The van der Waals surface area contributed by atoms with Crippen molar-refractivity contribution < 1.29 is 9.31 Å².